The lowest BCUT2D eigenvalue weighted by atomic mass is 9.82. The van der Waals surface area contributed by atoms with E-state index in [0.717, 1.165) is 19.3 Å². The Labute approximate surface area is 171 Å². The number of carbonyl (C=O) groups excluding carboxylic acids is 2. The van der Waals surface area contributed by atoms with Gasteiger partial charge in [0.2, 0.25) is 5.95 Å². The van der Waals surface area contributed by atoms with Crippen LogP contribution in [0.2, 0.25) is 0 Å². The molecule has 1 saturated heterocycles. The SMILES string of the molecule is CN(C(=O)OC(C)(C)C)[C@H]1CC[C@@H](C(=O)c2cc(F)nn2C2CCCCO2)CC1. The van der Waals surface area contributed by atoms with E-state index >= 15 is 0 Å². The van der Waals surface area contributed by atoms with Gasteiger partial charge < -0.3 is 14.4 Å². The van der Waals surface area contributed by atoms with E-state index < -0.39 is 11.5 Å². The normalized spacial score (nSPS) is 25.5. The number of aromatic nitrogens is 2. The van der Waals surface area contributed by atoms with Gasteiger partial charge in [-0.2, -0.15) is 4.39 Å². The minimum Gasteiger partial charge on any atom is -0.444 e. The minimum absolute atomic E-state index is 0.0391. The summed E-state index contributed by atoms with van der Waals surface area (Å²) >= 11 is 0. The van der Waals surface area contributed by atoms with Crippen LogP contribution >= 0.6 is 0 Å². The van der Waals surface area contributed by atoms with Gasteiger partial charge in [-0.05, 0) is 65.7 Å². The van der Waals surface area contributed by atoms with E-state index in [2.05, 4.69) is 5.10 Å². The third-order valence-electron chi connectivity index (χ3n) is 5.68. The van der Waals surface area contributed by atoms with E-state index in [9.17, 15) is 14.0 Å². The zero-order valence-electron chi connectivity index (χ0n) is 17.8. The van der Waals surface area contributed by atoms with Crippen LogP contribution in [-0.2, 0) is 9.47 Å². The molecular formula is C21H32FN3O4. The Hall–Kier alpha value is -1.96. The van der Waals surface area contributed by atoms with Gasteiger partial charge in [0, 0.05) is 31.7 Å². The van der Waals surface area contributed by atoms with Crippen LogP contribution in [0.15, 0.2) is 6.07 Å². The predicted octanol–water partition coefficient (Wildman–Crippen LogP) is 4.33. The summed E-state index contributed by atoms with van der Waals surface area (Å²) in [5, 5.41) is 3.89. The van der Waals surface area contributed by atoms with E-state index in [4.69, 9.17) is 9.47 Å². The first kappa shape index (κ1) is 21.7. The first-order valence-corrected chi connectivity index (χ1v) is 10.5. The fourth-order valence-corrected chi connectivity index (χ4v) is 4.10. The lowest BCUT2D eigenvalue weighted by Gasteiger charge is -2.35. The number of hydrogen-bond donors (Lipinski definition) is 0. The van der Waals surface area contributed by atoms with Crippen molar-refractivity contribution in [3.8, 4) is 0 Å². The Balaban J connectivity index is 1.61. The second kappa shape index (κ2) is 8.81. The summed E-state index contributed by atoms with van der Waals surface area (Å²) in [6.07, 6.45) is 4.67. The molecule has 0 N–H and O–H groups in total. The number of nitrogens with zero attached hydrogens (tertiary/aromatic N) is 3. The number of amides is 1. The molecule has 0 bridgehead atoms. The van der Waals surface area contributed by atoms with E-state index in [1.54, 1.807) is 11.9 Å². The Bertz CT molecular complexity index is 729. The van der Waals surface area contributed by atoms with Crippen LogP contribution in [0, 0.1) is 11.9 Å². The number of ether oxygens (including phenoxy) is 2. The van der Waals surface area contributed by atoms with Crippen molar-refractivity contribution in [3.05, 3.63) is 17.7 Å². The lowest BCUT2D eigenvalue weighted by molar-refractivity contribution is -0.0415. The molecule has 1 unspecified atom stereocenters. The number of ketones is 1. The Morgan fingerprint density at radius 2 is 1.90 bits per heavy atom. The zero-order valence-corrected chi connectivity index (χ0v) is 17.8. The van der Waals surface area contributed by atoms with Crippen LogP contribution in [0.1, 0.15) is 82.4 Å². The smallest absolute Gasteiger partial charge is 0.410 e. The molecule has 3 rings (SSSR count). The van der Waals surface area contributed by atoms with Crippen molar-refractivity contribution in [2.24, 2.45) is 5.92 Å². The molecular weight excluding hydrogens is 377 g/mol. The summed E-state index contributed by atoms with van der Waals surface area (Å²) in [5.74, 6) is -0.938. The molecule has 1 atom stereocenters. The molecule has 162 valence electrons. The van der Waals surface area contributed by atoms with E-state index in [1.807, 2.05) is 20.8 Å². The van der Waals surface area contributed by atoms with E-state index in [1.165, 1.54) is 10.7 Å². The maximum absolute atomic E-state index is 13.9. The van der Waals surface area contributed by atoms with Gasteiger partial charge in [0.15, 0.2) is 12.0 Å². The van der Waals surface area contributed by atoms with Crippen molar-refractivity contribution < 1.29 is 23.5 Å². The second-order valence-electron chi connectivity index (χ2n) is 9.08. The molecule has 1 aliphatic heterocycles. The Kier molecular flexibility index (Phi) is 6.61. The van der Waals surface area contributed by atoms with Crippen LogP contribution in [0.4, 0.5) is 9.18 Å². The number of rotatable bonds is 4. The van der Waals surface area contributed by atoms with Crippen molar-refractivity contribution in [3.63, 3.8) is 0 Å². The number of carbonyl (C=O) groups is 2. The topological polar surface area (TPSA) is 73.7 Å². The molecule has 2 aliphatic rings. The zero-order chi connectivity index (χ0) is 21.2. The van der Waals surface area contributed by atoms with Crippen molar-refractivity contribution in [2.45, 2.75) is 83.6 Å². The van der Waals surface area contributed by atoms with Crippen LogP contribution in [0.5, 0.6) is 0 Å². The first-order valence-electron chi connectivity index (χ1n) is 10.5. The summed E-state index contributed by atoms with van der Waals surface area (Å²) in [6, 6.07) is 1.26. The van der Waals surface area contributed by atoms with Gasteiger partial charge in [-0.15, -0.1) is 5.10 Å². The maximum Gasteiger partial charge on any atom is 0.410 e. The molecule has 0 spiro atoms. The highest BCUT2D eigenvalue weighted by Crippen LogP contribution is 2.32. The Morgan fingerprint density at radius 1 is 1.21 bits per heavy atom. The molecule has 1 amide bonds. The molecule has 7 nitrogen and oxygen atoms in total. The van der Waals surface area contributed by atoms with E-state index in [0.29, 0.717) is 38.0 Å². The highest BCUT2D eigenvalue weighted by molar-refractivity contribution is 5.96. The van der Waals surface area contributed by atoms with E-state index in [-0.39, 0.29) is 30.1 Å². The van der Waals surface area contributed by atoms with Crippen molar-refractivity contribution >= 4 is 11.9 Å². The fraction of sp³-hybridized carbons (Fsp3) is 0.762. The van der Waals surface area contributed by atoms with Crippen LogP contribution in [-0.4, -0.2) is 51.9 Å². The summed E-state index contributed by atoms with van der Waals surface area (Å²) < 4.78 is 26.4. The summed E-state index contributed by atoms with van der Waals surface area (Å²) in [6.45, 7) is 6.12. The number of halogens is 1. The molecule has 8 heteroatoms. The third-order valence-corrected chi connectivity index (χ3v) is 5.68. The molecule has 2 heterocycles. The quantitative estimate of drug-likeness (QED) is 0.692. The highest BCUT2D eigenvalue weighted by atomic mass is 19.1. The summed E-state index contributed by atoms with van der Waals surface area (Å²) in [5.41, 5.74) is -0.249. The van der Waals surface area contributed by atoms with Crippen molar-refractivity contribution in [2.75, 3.05) is 13.7 Å². The largest absolute Gasteiger partial charge is 0.444 e. The molecule has 2 fully saturated rings. The van der Waals surface area contributed by atoms with Gasteiger partial charge in [-0.1, -0.05) is 0 Å². The third kappa shape index (κ3) is 5.35. The molecule has 1 aliphatic carbocycles. The molecule has 0 radical (unpaired) electrons. The van der Waals surface area contributed by atoms with Gasteiger partial charge in [-0.25, -0.2) is 9.48 Å². The van der Waals surface area contributed by atoms with Crippen molar-refractivity contribution in [1.82, 2.24) is 14.7 Å². The fourth-order valence-electron chi connectivity index (χ4n) is 4.10. The van der Waals surface area contributed by atoms with Gasteiger partial charge in [0.25, 0.3) is 0 Å². The standard InChI is InChI=1S/C21H32FN3O4/c1-21(2,3)29-20(27)24(4)15-10-8-14(9-11-15)19(26)16-13-17(22)23-25(16)18-7-5-6-12-28-18/h13-15,18H,5-12H2,1-4H3/t14-,15+,18?. The molecule has 0 aromatic carbocycles. The van der Waals surface area contributed by atoms with Crippen LogP contribution in [0.3, 0.4) is 0 Å². The summed E-state index contributed by atoms with van der Waals surface area (Å²) in [7, 11) is 1.74. The van der Waals surface area contributed by atoms with Gasteiger partial charge in [0.05, 0.1) is 0 Å². The summed E-state index contributed by atoms with van der Waals surface area (Å²) in [4.78, 5) is 27.0. The predicted molar refractivity (Wildman–Crippen MR) is 105 cm³/mol. The second-order valence-corrected chi connectivity index (χ2v) is 9.08. The maximum atomic E-state index is 13.9. The average Bonchev–Trinajstić information content (AvgIpc) is 3.08. The lowest BCUT2D eigenvalue weighted by Crippen LogP contribution is -2.43. The van der Waals surface area contributed by atoms with Crippen LogP contribution < -0.4 is 0 Å². The minimum atomic E-state index is -0.652. The average molecular weight is 410 g/mol. The molecule has 1 aromatic heterocycles. The van der Waals surface area contributed by atoms with Crippen molar-refractivity contribution in [1.29, 1.82) is 0 Å². The number of hydrogen-bond acceptors (Lipinski definition) is 5. The monoisotopic (exact) mass is 409 g/mol. The Morgan fingerprint density at radius 3 is 2.48 bits per heavy atom. The molecule has 1 aromatic rings. The van der Waals surface area contributed by atoms with Gasteiger partial charge >= 0.3 is 6.09 Å². The molecule has 29 heavy (non-hydrogen) atoms. The van der Waals surface area contributed by atoms with Gasteiger partial charge in [0.1, 0.15) is 11.3 Å². The first-order chi connectivity index (χ1) is 13.7. The number of Topliss-reactive ketones (excluding diaryl/α,β-unsaturated/α-hetero) is 1. The van der Waals surface area contributed by atoms with Crippen LogP contribution in [0.25, 0.3) is 0 Å². The van der Waals surface area contributed by atoms with Gasteiger partial charge in [-0.3, -0.25) is 4.79 Å². The molecule has 1 saturated carbocycles. The highest BCUT2D eigenvalue weighted by Gasteiger charge is 2.34.